The summed E-state index contributed by atoms with van der Waals surface area (Å²) in [5, 5.41) is 0. The lowest BCUT2D eigenvalue weighted by molar-refractivity contribution is 0.217. The number of nitrogens with zero attached hydrogens (tertiary/aromatic N) is 2. The predicted molar refractivity (Wildman–Crippen MR) is 158 cm³/mol. The molecular weight excluding hydrogens is 476 g/mol. The molecule has 0 aliphatic heterocycles. The maximum atomic E-state index is 6.04. The van der Waals surface area contributed by atoms with Crippen LogP contribution in [0, 0.1) is 11.8 Å². The summed E-state index contributed by atoms with van der Waals surface area (Å²) < 4.78 is 23.4. The van der Waals surface area contributed by atoms with Crippen molar-refractivity contribution in [3.63, 3.8) is 0 Å². The zero-order valence-corrected chi connectivity index (χ0v) is 25.2. The quantitative estimate of drug-likeness (QED) is 0.216. The second-order valence-electron chi connectivity index (χ2n) is 10.1. The monoisotopic (exact) mass is 528 g/mol. The molecule has 0 amide bonds. The molecule has 0 N–H and O–H groups in total. The summed E-state index contributed by atoms with van der Waals surface area (Å²) in [7, 11) is 3.43. The molecule has 2 atom stereocenters. The van der Waals surface area contributed by atoms with Gasteiger partial charge < -0.3 is 28.7 Å². The highest BCUT2D eigenvalue weighted by atomic mass is 16.5. The minimum Gasteiger partial charge on any atom is -0.493 e. The number of ether oxygens (including phenoxy) is 4. The Bertz CT molecular complexity index is 852. The van der Waals surface area contributed by atoms with Gasteiger partial charge in [-0.15, -0.1) is 0 Å². The third-order valence-electron chi connectivity index (χ3n) is 7.66. The van der Waals surface area contributed by atoms with Gasteiger partial charge in [0.05, 0.1) is 14.2 Å². The molecular formula is C32H52N2O4. The van der Waals surface area contributed by atoms with Crippen molar-refractivity contribution in [2.24, 2.45) is 11.8 Å². The number of rotatable bonds is 19. The summed E-state index contributed by atoms with van der Waals surface area (Å²) in [5.74, 6) is 4.26. The van der Waals surface area contributed by atoms with Gasteiger partial charge in [0.25, 0.3) is 0 Å². The Morgan fingerprint density at radius 1 is 0.579 bits per heavy atom. The van der Waals surface area contributed by atoms with E-state index in [-0.39, 0.29) is 0 Å². The zero-order valence-electron chi connectivity index (χ0n) is 25.2. The lowest BCUT2D eigenvalue weighted by atomic mass is 9.85. The average molecular weight is 529 g/mol. The van der Waals surface area contributed by atoms with Crippen molar-refractivity contribution < 1.29 is 18.9 Å². The second kappa shape index (κ2) is 17.2. The second-order valence-corrected chi connectivity index (χ2v) is 10.1. The normalized spacial score (nSPS) is 13.0. The van der Waals surface area contributed by atoms with Crippen LogP contribution in [0.15, 0.2) is 36.4 Å². The van der Waals surface area contributed by atoms with Crippen molar-refractivity contribution in [3.8, 4) is 23.0 Å². The lowest BCUT2D eigenvalue weighted by Crippen LogP contribution is -2.27. The lowest BCUT2D eigenvalue weighted by Gasteiger charge is -2.22. The highest BCUT2D eigenvalue weighted by Gasteiger charge is 2.17. The number of likely N-dealkylation sites (N-methyl/N-ethyl adjacent to an activating group) is 2. The van der Waals surface area contributed by atoms with E-state index in [4.69, 9.17) is 18.9 Å². The maximum Gasteiger partial charge on any atom is 0.161 e. The average Bonchev–Trinajstić information content (AvgIpc) is 2.94. The molecule has 38 heavy (non-hydrogen) atoms. The van der Waals surface area contributed by atoms with Gasteiger partial charge in [0, 0.05) is 13.1 Å². The molecule has 0 spiro atoms. The van der Waals surface area contributed by atoms with Crippen molar-refractivity contribution in [2.75, 3.05) is 66.7 Å². The molecule has 2 rings (SSSR count). The van der Waals surface area contributed by atoms with Crippen molar-refractivity contribution in [1.29, 1.82) is 0 Å². The Labute approximate surface area is 232 Å². The fraction of sp³-hybridized carbons (Fsp3) is 0.625. The van der Waals surface area contributed by atoms with E-state index in [0.717, 1.165) is 75.1 Å². The third-order valence-corrected chi connectivity index (χ3v) is 7.66. The molecule has 0 saturated carbocycles. The fourth-order valence-electron chi connectivity index (χ4n) is 4.71. The van der Waals surface area contributed by atoms with Crippen LogP contribution >= 0.6 is 0 Å². The van der Waals surface area contributed by atoms with Gasteiger partial charge in [0.1, 0.15) is 13.2 Å². The van der Waals surface area contributed by atoms with Gasteiger partial charge in [0.2, 0.25) is 0 Å². The van der Waals surface area contributed by atoms with Crippen molar-refractivity contribution in [3.05, 3.63) is 47.5 Å². The zero-order chi connectivity index (χ0) is 27.9. The van der Waals surface area contributed by atoms with Gasteiger partial charge in [-0.1, -0.05) is 53.7 Å². The van der Waals surface area contributed by atoms with E-state index in [1.165, 1.54) is 11.1 Å². The SMILES string of the molecule is CCN(CC)CCOc1ccc(C[C@@H](C)[C@@H](C)Cc2ccc(OCCN(CC)CC)c(OC)c2)cc1OC. The van der Waals surface area contributed by atoms with E-state index in [9.17, 15) is 0 Å². The van der Waals surface area contributed by atoms with E-state index in [1.807, 2.05) is 0 Å². The molecule has 2 aromatic rings. The molecule has 0 bridgehead atoms. The van der Waals surface area contributed by atoms with E-state index in [1.54, 1.807) is 14.2 Å². The van der Waals surface area contributed by atoms with Crippen LogP contribution in [0.2, 0.25) is 0 Å². The van der Waals surface area contributed by atoms with Gasteiger partial charge in [0.15, 0.2) is 23.0 Å². The molecule has 2 aromatic carbocycles. The van der Waals surface area contributed by atoms with E-state index in [0.29, 0.717) is 25.0 Å². The largest absolute Gasteiger partial charge is 0.493 e. The number of benzene rings is 2. The van der Waals surface area contributed by atoms with Crippen LogP contribution in [0.5, 0.6) is 23.0 Å². The van der Waals surface area contributed by atoms with Gasteiger partial charge in [-0.25, -0.2) is 0 Å². The smallest absolute Gasteiger partial charge is 0.161 e. The molecule has 0 unspecified atom stereocenters. The molecule has 0 aliphatic rings. The van der Waals surface area contributed by atoms with E-state index in [2.05, 4.69) is 87.7 Å². The van der Waals surface area contributed by atoms with E-state index < -0.39 is 0 Å². The topological polar surface area (TPSA) is 43.4 Å². The van der Waals surface area contributed by atoms with Gasteiger partial charge >= 0.3 is 0 Å². The highest BCUT2D eigenvalue weighted by Crippen LogP contribution is 2.32. The van der Waals surface area contributed by atoms with Crippen LogP contribution in [0.4, 0.5) is 0 Å². The van der Waals surface area contributed by atoms with Crippen LogP contribution in [-0.4, -0.2) is 76.5 Å². The molecule has 6 nitrogen and oxygen atoms in total. The Morgan fingerprint density at radius 2 is 0.947 bits per heavy atom. The highest BCUT2D eigenvalue weighted by molar-refractivity contribution is 5.44. The Morgan fingerprint density at radius 3 is 1.26 bits per heavy atom. The third kappa shape index (κ3) is 10.0. The van der Waals surface area contributed by atoms with Gasteiger partial charge in [-0.2, -0.15) is 0 Å². The Balaban J connectivity index is 1.94. The van der Waals surface area contributed by atoms with Crippen molar-refractivity contribution >= 4 is 0 Å². The number of hydrogen-bond donors (Lipinski definition) is 0. The number of methoxy groups -OCH3 is 2. The van der Waals surface area contributed by atoms with Crippen molar-refractivity contribution in [1.82, 2.24) is 9.80 Å². The summed E-state index contributed by atoms with van der Waals surface area (Å²) >= 11 is 0. The first kappa shape index (κ1) is 31.8. The van der Waals surface area contributed by atoms with Crippen LogP contribution in [0.3, 0.4) is 0 Å². The summed E-state index contributed by atoms with van der Waals surface area (Å²) in [6, 6.07) is 12.7. The summed E-state index contributed by atoms with van der Waals surface area (Å²) in [6.45, 7) is 20.7. The van der Waals surface area contributed by atoms with Gasteiger partial charge in [-0.05, 0) is 86.2 Å². The predicted octanol–water partition coefficient (Wildman–Crippen LogP) is 6.20. The maximum absolute atomic E-state index is 6.04. The molecule has 0 aliphatic carbocycles. The molecule has 0 radical (unpaired) electrons. The van der Waals surface area contributed by atoms with Crippen LogP contribution < -0.4 is 18.9 Å². The molecule has 0 heterocycles. The summed E-state index contributed by atoms with van der Waals surface area (Å²) in [5.41, 5.74) is 2.54. The molecule has 0 aromatic heterocycles. The molecule has 6 heteroatoms. The van der Waals surface area contributed by atoms with Gasteiger partial charge in [-0.3, -0.25) is 0 Å². The minimum absolute atomic E-state index is 0.505. The minimum atomic E-state index is 0.505. The van der Waals surface area contributed by atoms with Crippen molar-refractivity contribution in [2.45, 2.75) is 54.4 Å². The first-order chi connectivity index (χ1) is 18.4. The van der Waals surface area contributed by atoms with Crippen LogP contribution in [0.25, 0.3) is 0 Å². The molecule has 214 valence electrons. The van der Waals surface area contributed by atoms with Crippen LogP contribution in [-0.2, 0) is 12.8 Å². The van der Waals surface area contributed by atoms with Crippen LogP contribution in [0.1, 0.15) is 52.7 Å². The summed E-state index contributed by atoms with van der Waals surface area (Å²) in [4.78, 5) is 4.71. The summed E-state index contributed by atoms with van der Waals surface area (Å²) in [6.07, 6.45) is 1.97. The Hall–Kier alpha value is -2.44. The first-order valence-electron chi connectivity index (χ1n) is 14.4. The Kier molecular flexibility index (Phi) is 14.4. The van der Waals surface area contributed by atoms with E-state index >= 15 is 0 Å². The first-order valence-corrected chi connectivity index (χ1v) is 14.4. The standard InChI is InChI=1S/C32H52N2O4/c1-9-33(10-2)17-19-37-29-15-13-27(23-31(29)35-7)21-25(5)26(6)22-28-14-16-30(32(24-28)36-8)38-20-18-34(11-3)12-4/h13-16,23-26H,9-12,17-22H2,1-8H3/t25-,26+. The molecule has 0 fully saturated rings. The fourth-order valence-corrected chi connectivity index (χ4v) is 4.71. The number of hydrogen-bond acceptors (Lipinski definition) is 6. The molecule has 0 saturated heterocycles.